The van der Waals surface area contributed by atoms with Gasteiger partial charge in [0.2, 0.25) is 0 Å². The summed E-state index contributed by atoms with van der Waals surface area (Å²) in [6.45, 7) is 1.09. The molecule has 0 aromatic heterocycles. The molecule has 2 aliphatic carbocycles. The van der Waals surface area contributed by atoms with E-state index in [1.807, 2.05) is 0 Å². The Labute approximate surface area is 107 Å². The first kappa shape index (κ1) is 12.0. The number of hydrogen-bond donors (Lipinski definition) is 1. The smallest absolute Gasteiger partial charge is 0.123 e. The second kappa shape index (κ2) is 4.88. The van der Waals surface area contributed by atoms with Crippen LogP contribution in [0, 0.1) is 23.6 Å². The highest BCUT2D eigenvalue weighted by Crippen LogP contribution is 2.48. The number of ether oxygens (including phenoxy) is 1. The highest BCUT2D eigenvalue weighted by molar-refractivity contribution is 5.33. The third-order valence-electron chi connectivity index (χ3n) is 4.58. The van der Waals surface area contributed by atoms with Crippen LogP contribution in [0.1, 0.15) is 31.2 Å². The molecule has 0 heterocycles. The predicted octanol–water partition coefficient (Wildman–Crippen LogP) is 3.10. The first-order chi connectivity index (χ1) is 8.76. The molecule has 18 heavy (non-hydrogen) atoms. The lowest BCUT2D eigenvalue weighted by Crippen LogP contribution is -2.19. The van der Waals surface area contributed by atoms with E-state index in [2.05, 4.69) is 0 Å². The summed E-state index contributed by atoms with van der Waals surface area (Å²) in [7, 11) is 0. The molecule has 98 valence electrons. The number of hydrogen-bond acceptors (Lipinski definition) is 2. The van der Waals surface area contributed by atoms with Crippen molar-refractivity contribution in [2.75, 3.05) is 6.61 Å². The molecule has 0 saturated heterocycles. The van der Waals surface area contributed by atoms with E-state index in [4.69, 9.17) is 10.5 Å². The summed E-state index contributed by atoms with van der Waals surface area (Å²) in [6.07, 6.45) is 5.47. The fourth-order valence-corrected chi connectivity index (χ4v) is 3.63. The van der Waals surface area contributed by atoms with E-state index in [0.717, 1.165) is 29.8 Å². The van der Waals surface area contributed by atoms with Gasteiger partial charge in [-0.15, -0.1) is 0 Å². The van der Waals surface area contributed by atoms with E-state index in [1.165, 1.54) is 37.8 Å². The van der Waals surface area contributed by atoms with Crippen molar-refractivity contribution < 1.29 is 9.13 Å². The van der Waals surface area contributed by atoms with Gasteiger partial charge in [0.15, 0.2) is 0 Å². The summed E-state index contributed by atoms with van der Waals surface area (Å²) in [4.78, 5) is 0. The molecule has 3 rings (SSSR count). The second-order valence-corrected chi connectivity index (χ2v) is 5.70. The van der Waals surface area contributed by atoms with Crippen LogP contribution in [0.4, 0.5) is 4.39 Å². The summed E-state index contributed by atoms with van der Waals surface area (Å²) in [5, 5.41) is 0. The first-order valence-electron chi connectivity index (χ1n) is 6.87. The molecular formula is C15H20FNO. The highest BCUT2D eigenvalue weighted by Gasteiger charge is 2.39. The van der Waals surface area contributed by atoms with E-state index < -0.39 is 0 Å². The normalized spacial score (nSPS) is 29.8. The molecule has 2 saturated carbocycles. The fraction of sp³-hybridized carbons (Fsp3) is 0.600. The van der Waals surface area contributed by atoms with Gasteiger partial charge in [-0.3, -0.25) is 0 Å². The van der Waals surface area contributed by atoms with Crippen LogP contribution in [0.3, 0.4) is 0 Å². The largest absolute Gasteiger partial charge is 0.493 e. The lowest BCUT2D eigenvalue weighted by molar-refractivity contribution is 0.194. The standard InChI is InChI=1S/C15H20FNO/c16-14-3-4-15(12(7-14)8-17)18-9-13-6-10-1-2-11(13)5-10/h3-4,7,10-11,13H,1-2,5-6,8-9,17H2. The highest BCUT2D eigenvalue weighted by atomic mass is 19.1. The molecule has 3 heteroatoms. The maximum atomic E-state index is 13.1. The molecule has 2 aliphatic rings. The van der Waals surface area contributed by atoms with Crippen LogP contribution >= 0.6 is 0 Å². The van der Waals surface area contributed by atoms with Crippen LogP contribution in [0.2, 0.25) is 0 Å². The quantitative estimate of drug-likeness (QED) is 0.890. The van der Waals surface area contributed by atoms with Crippen molar-refractivity contribution in [2.45, 2.75) is 32.2 Å². The number of fused-ring (bicyclic) bond motifs is 2. The molecule has 3 unspecified atom stereocenters. The number of benzene rings is 1. The van der Waals surface area contributed by atoms with Crippen LogP contribution in [-0.2, 0) is 6.54 Å². The Balaban J connectivity index is 1.63. The molecule has 2 N–H and O–H groups in total. The second-order valence-electron chi connectivity index (χ2n) is 5.70. The van der Waals surface area contributed by atoms with Gasteiger partial charge in [0, 0.05) is 12.1 Å². The van der Waals surface area contributed by atoms with Crippen LogP contribution < -0.4 is 10.5 Å². The Morgan fingerprint density at radius 1 is 1.28 bits per heavy atom. The van der Waals surface area contributed by atoms with Crippen molar-refractivity contribution in [3.8, 4) is 5.75 Å². The van der Waals surface area contributed by atoms with Gasteiger partial charge in [0.25, 0.3) is 0 Å². The first-order valence-corrected chi connectivity index (χ1v) is 6.87. The summed E-state index contributed by atoms with van der Waals surface area (Å²) in [5.41, 5.74) is 6.38. The molecule has 1 aromatic rings. The summed E-state index contributed by atoms with van der Waals surface area (Å²) in [5.74, 6) is 2.99. The van der Waals surface area contributed by atoms with Crippen LogP contribution in [0.5, 0.6) is 5.75 Å². The van der Waals surface area contributed by atoms with E-state index >= 15 is 0 Å². The lowest BCUT2D eigenvalue weighted by atomic mass is 9.89. The number of rotatable bonds is 4. The van der Waals surface area contributed by atoms with Gasteiger partial charge < -0.3 is 10.5 Å². The zero-order valence-corrected chi connectivity index (χ0v) is 10.6. The van der Waals surface area contributed by atoms with Gasteiger partial charge in [-0.05, 0) is 55.2 Å². The maximum Gasteiger partial charge on any atom is 0.123 e. The zero-order valence-electron chi connectivity index (χ0n) is 10.6. The van der Waals surface area contributed by atoms with E-state index in [9.17, 15) is 4.39 Å². The van der Waals surface area contributed by atoms with Crippen LogP contribution in [-0.4, -0.2) is 6.61 Å². The molecule has 0 spiro atoms. The zero-order chi connectivity index (χ0) is 12.5. The van der Waals surface area contributed by atoms with Gasteiger partial charge in [-0.25, -0.2) is 4.39 Å². The monoisotopic (exact) mass is 249 g/mol. The lowest BCUT2D eigenvalue weighted by Gasteiger charge is -2.22. The van der Waals surface area contributed by atoms with Gasteiger partial charge in [0.1, 0.15) is 11.6 Å². The van der Waals surface area contributed by atoms with Crippen molar-refractivity contribution in [1.29, 1.82) is 0 Å². The van der Waals surface area contributed by atoms with Gasteiger partial charge in [0.05, 0.1) is 6.61 Å². The van der Waals surface area contributed by atoms with E-state index in [1.54, 1.807) is 6.07 Å². The van der Waals surface area contributed by atoms with Crippen LogP contribution in [0.15, 0.2) is 18.2 Å². The van der Waals surface area contributed by atoms with Crippen LogP contribution in [0.25, 0.3) is 0 Å². The van der Waals surface area contributed by atoms with Crippen molar-refractivity contribution >= 4 is 0 Å². The minimum atomic E-state index is -0.247. The molecule has 0 aliphatic heterocycles. The fourth-order valence-electron chi connectivity index (χ4n) is 3.63. The van der Waals surface area contributed by atoms with E-state index in [0.29, 0.717) is 12.5 Å². The molecule has 1 aromatic carbocycles. The van der Waals surface area contributed by atoms with Gasteiger partial charge in [-0.1, -0.05) is 6.42 Å². The Hall–Kier alpha value is -1.09. The molecule has 0 radical (unpaired) electrons. The molecule has 2 nitrogen and oxygen atoms in total. The SMILES string of the molecule is NCc1cc(F)ccc1OCC1CC2CCC1C2. The summed E-state index contributed by atoms with van der Waals surface area (Å²) < 4.78 is 19.0. The Kier molecular flexibility index (Phi) is 3.25. The Bertz CT molecular complexity index is 435. The topological polar surface area (TPSA) is 35.2 Å². The summed E-state index contributed by atoms with van der Waals surface area (Å²) in [6, 6.07) is 4.61. The Morgan fingerprint density at radius 2 is 2.17 bits per heavy atom. The minimum Gasteiger partial charge on any atom is -0.493 e. The van der Waals surface area contributed by atoms with Gasteiger partial charge >= 0.3 is 0 Å². The third-order valence-corrected chi connectivity index (χ3v) is 4.58. The third kappa shape index (κ3) is 2.24. The van der Waals surface area contributed by atoms with E-state index in [-0.39, 0.29) is 5.82 Å². The Morgan fingerprint density at radius 3 is 2.83 bits per heavy atom. The van der Waals surface area contributed by atoms with Crippen molar-refractivity contribution in [3.63, 3.8) is 0 Å². The molecule has 0 amide bonds. The van der Waals surface area contributed by atoms with Gasteiger partial charge in [-0.2, -0.15) is 0 Å². The predicted molar refractivity (Wildman–Crippen MR) is 68.7 cm³/mol. The van der Waals surface area contributed by atoms with Crippen molar-refractivity contribution in [2.24, 2.45) is 23.5 Å². The van der Waals surface area contributed by atoms with Crippen molar-refractivity contribution in [3.05, 3.63) is 29.6 Å². The molecule has 2 fully saturated rings. The summed E-state index contributed by atoms with van der Waals surface area (Å²) >= 11 is 0. The average Bonchev–Trinajstić information content (AvgIpc) is 2.99. The molecular weight excluding hydrogens is 229 g/mol. The molecule has 2 bridgehead atoms. The number of halogens is 1. The van der Waals surface area contributed by atoms with Crippen molar-refractivity contribution in [1.82, 2.24) is 0 Å². The number of nitrogens with two attached hydrogens (primary N) is 1. The minimum absolute atomic E-state index is 0.247. The maximum absolute atomic E-state index is 13.1. The molecule has 3 atom stereocenters. The average molecular weight is 249 g/mol.